The topological polar surface area (TPSA) is 75.4 Å². The second-order valence-electron chi connectivity index (χ2n) is 4.48. The minimum absolute atomic E-state index is 0.114. The Morgan fingerprint density at radius 1 is 1.30 bits per heavy atom. The van der Waals surface area contributed by atoms with Crippen molar-refractivity contribution in [2.24, 2.45) is 7.05 Å². The van der Waals surface area contributed by atoms with Crippen LogP contribution in [-0.4, -0.2) is 26.8 Å². The second kappa shape index (κ2) is 5.56. The molecule has 1 heterocycles. The third kappa shape index (κ3) is 3.03. The van der Waals surface area contributed by atoms with Gasteiger partial charge in [-0.05, 0) is 24.3 Å². The number of hydrogen-bond donors (Lipinski definition) is 1. The van der Waals surface area contributed by atoms with Gasteiger partial charge < -0.3 is 10.0 Å². The Kier molecular flexibility index (Phi) is 3.84. The highest BCUT2D eigenvalue weighted by Gasteiger charge is 2.13. The van der Waals surface area contributed by atoms with Crippen LogP contribution in [0.15, 0.2) is 36.7 Å². The molecule has 0 saturated heterocycles. The van der Waals surface area contributed by atoms with E-state index in [1.807, 2.05) is 13.2 Å². The van der Waals surface area contributed by atoms with Gasteiger partial charge in [-0.1, -0.05) is 0 Å². The van der Waals surface area contributed by atoms with E-state index in [4.69, 9.17) is 5.11 Å². The zero-order valence-corrected chi connectivity index (χ0v) is 11.3. The fraction of sp³-hybridized carbons (Fsp3) is 0.214. The van der Waals surface area contributed by atoms with E-state index in [0.717, 1.165) is 5.56 Å². The maximum Gasteiger partial charge on any atom is 0.335 e. The first-order valence-corrected chi connectivity index (χ1v) is 6.06. The van der Waals surface area contributed by atoms with Crippen LogP contribution in [-0.2, 0) is 18.4 Å². The van der Waals surface area contributed by atoms with E-state index in [0.29, 0.717) is 12.2 Å². The minimum Gasteiger partial charge on any atom is -0.478 e. The number of amides is 1. The standard InChI is InChI=1S/C14H15N3O3/c1-10(18)17(9-11-7-15-16(2)8-11)13-5-3-12(4-6-13)14(19)20/h3-8H,9H2,1-2H3,(H,19,20). The predicted molar refractivity (Wildman–Crippen MR) is 73.5 cm³/mol. The first-order chi connectivity index (χ1) is 9.47. The number of aryl methyl sites for hydroxylation is 1. The van der Waals surface area contributed by atoms with Crippen molar-refractivity contribution >= 4 is 17.6 Å². The van der Waals surface area contributed by atoms with Crippen molar-refractivity contribution in [1.29, 1.82) is 0 Å². The molecular formula is C14H15N3O3. The molecule has 20 heavy (non-hydrogen) atoms. The normalized spacial score (nSPS) is 10.3. The summed E-state index contributed by atoms with van der Waals surface area (Å²) in [6.45, 7) is 1.87. The molecule has 6 heteroatoms. The summed E-state index contributed by atoms with van der Waals surface area (Å²) in [4.78, 5) is 24.1. The molecule has 0 aliphatic rings. The van der Waals surface area contributed by atoms with E-state index in [9.17, 15) is 9.59 Å². The summed E-state index contributed by atoms with van der Waals surface area (Å²) in [6.07, 6.45) is 3.53. The maximum atomic E-state index is 11.8. The zero-order valence-electron chi connectivity index (χ0n) is 11.3. The average Bonchev–Trinajstić information content (AvgIpc) is 2.81. The lowest BCUT2D eigenvalue weighted by Crippen LogP contribution is -2.27. The van der Waals surface area contributed by atoms with Crippen molar-refractivity contribution in [3.63, 3.8) is 0 Å². The van der Waals surface area contributed by atoms with Gasteiger partial charge in [0.1, 0.15) is 0 Å². The van der Waals surface area contributed by atoms with Crippen LogP contribution in [0.25, 0.3) is 0 Å². The fourth-order valence-electron chi connectivity index (χ4n) is 1.90. The van der Waals surface area contributed by atoms with Crippen LogP contribution in [0.4, 0.5) is 5.69 Å². The molecule has 6 nitrogen and oxygen atoms in total. The van der Waals surface area contributed by atoms with E-state index >= 15 is 0 Å². The summed E-state index contributed by atoms with van der Waals surface area (Å²) < 4.78 is 1.67. The summed E-state index contributed by atoms with van der Waals surface area (Å²) in [6, 6.07) is 6.22. The largest absolute Gasteiger partial charge is 0.478 e. The number of anilines is 1. The van der Waals surface area contributed by atoms with E-state index in [2.05, 4.69) is 5.10 Å². The van der Waals surface area contributed by atoms with Crippen molar-refractivity contribution in [2.75, 3.05) is 4.90 Å². The third-order valence-electron chi connectivity index (χ3n) is 2.91. The molecule has 1 aromatic heterocycles. The smallest absolute Gasteiger partial charge is 0.335 e. The molecule has 0 spiro atoms. The van der Waals surface area contributed by atoms with Crippen LogP contribution in [0.1, 0.15) is 22.8 Å². The Labute approximate surface area is 116 Å². The SMILES string of the molecule is CC(=O)N(Cc1cnn(C)c1)c1ccc(C(=O)O)cc1. The Morgan fingerprint density at radius 3 is 2.40 bits per heavy atom. The van der Waals surface area contributed by atoms with Gasteiger partial charge >= 0.3 is 5.97 Å². The Morgan fingerprint density at radius 2 is 1.95 bits per heavy atom. The molecule has 0 unspecified atom stereocenters. The number of hydrogen-bond acceptors (Lipinski definition) is 3. The van der Waals surface area contributed by atoms with Gasteiger partial charge in [0.25, 0.3) is 0 Å². The van der Waals surface area contributed by atoms with Gasteiger partial charge in [-0.15, -0.1) is 0 Å². The van der Waals surface area contributed by atoms with Crippen molar-refractivity contribution in [3.05, 3.63) is 47.8 Å². The first-order valence-electron chi connectivity index (χ1n) is 6.06. The van der Waals surface area contributed by atoms with E-state index in [1.54, 1.807) is 27.9 Å². The van der Waals surface area contributed by atoms with E-state index < -0.39 is 5.97 Å². The van der Waals surface area contributed by atoms with Gasteiger partial charge in [0, 0.05) is 31.4 Å². The van der Waals surface area contributed by atoms with Gasteiger partial charge in [-0.3, -0.25) is 9.48 Å². The number of carboxylic acids is 1. The zero-order chi connectivity index (χ0) is 14.7. The highest BCUT2D eigenvalue weighted by Crippen LogP contribution is 2.18. The summed E-state index contributed by atoms with van der Waals surface area (Å²) in [5, 5.41) is 12.9. The number of aromatic nitrogens is 2. The van der Waals surface area contributed by atoms with Crippen molar-refractivity contribution < 1.29 is 14.7 Å². The van der Waals surface area contributed by atoms with E-state index in [1.165, 1.54) is 19.1 Å². The average molecular weight is 273 g/mol. The van der Waals surface area contributed by atoms with Crippen LogP contribution in [0.2, 0.25) is 0 Å². The molecule has 2 aromatic rings. The predicted octanol–water partition coefficient (Wildman–Crippen LogP) is 1.67. The molecule has 0 radical (unpaired) electrons. The molecule has 0 atom stereocenters. The maximum absolute atomic E-state index is 11.8. The lowest BCUT2D eigenvalue weighted by molar-refractivity contribution is -0.116. The Balaban J connectivity index is 2.24. The number of nitrogens with zero attached hydrogens (tertiary/aromatic N) is 3. The highest BCUT2D eigenvalue weighted by atomic mass is 16.4. The molecule has 1 aromatic carbocycles. The molecule has 0 bridgehead atoms. The van der Waals surface area contributed by atoms with Crippen LogP contribution >= 0.6 is 0 Å². The van der Waals surface area contributed by atoms with Gasteiger partial charge in [0.05, 0.1) is 18.3 Å². The Bertz CT molecular complexity index is 631. The van der Waals surface area contributed by atoms with Gasteiger partial charge in [0.2, 0.25) is 5.91 Å². The number of carbonyl (C=O) groups is 2. The van der Waals surface area contributed by atoms with Crippen molar-refractivity contribution in [3.8, 4) is 0 Å². The summed E-state index contributed by atoms with van der Waals surface area (Å²) in [5.74, 6) is -1.10. The molecule has 0 fully saturated rings. The number of aromatic carboxylic acids is 1. The molecule has 2 rings (SSSR count). The van der Waals surface area contributed by atoms with Gasteiger partial charge in [-0.25, -0.2) is 4.79 Å². The Hall–Kier alpha value is -2.63. The molecular weight excluding hydrogens is 258 g/mol. The number of benzene rings is 1. The lowest BCUT2D eigenvalue weighted by atomic mass is 10.2. The quantitative estimate of drug-likeness (QED) is 0.919. The summed E-state index contributed by atoms with van der Waals surface area (Å²) in [7, 11) is 1.81. The second-order valence-corrected chi connectivity index (χ2v) is 4.48. The van der Waals surface area contributed by atoms with Crippen LogP contribution in [0, 0.1) is 0 Å². The molecule has 0 aliphatic heterocycles. The number of carboxylic acid groups (broad SMARTS) is 1. The van der Waals surface area contributed by atoms with E-state index in [-0.39, 0.29) is 11.5 Å². The van der Waals surface area contributed by atoms with Gasteiger partial charge in [0.15, 0.2) is 0 Å². The molecule has 0 saturated carbocycles. The molecule has 0 aliphatic carbocycles. The van der Waals surface area contributed by atoms with Crippen LogP contribution < -0.4 is 4.90 Å². The number of rotatable bonds is 4. The van der Waals surface area contributed by atoms with Crippen LogP contribution in [0.3, 0.4) is 0 Å². The molecule has 1 N–H and O–H groups in total. The molecule has 104 valence electrons. The molecule has 1 amide bonds. The van der Waals surface area contributed by atoms with Crippen molar-refractivity contribution in [1.82, 2.24) is 9.78 Å². The van der Waals surface area contributed by atoms with Crippen molar-refractivity contribution in [2.45, 2.75) is 13.5 Å². The summed E-state index contributed by atoms with van der Waals surface area (Å²) >= 11 is 0. The highest BCUT2D eigenvalue weighted by molar-refractivity contribution is 5.93. The van der Waals surface area contributed by atoms with Gasteiger partial charge in [-0.2, -0.15) is 5.10 Å². The fourth-order valence-corrected chi connectivity index (χ4v) is 1.90. The minimum atomic E-state index is -0.988. The monoisotopic (exact) mass is 273 g/mol. The lowest BCUT2D eigenvalue weighted by Gasteiger charge is -2.20. The third-order valence-corrected chi connectivity index (χ3v) is 2.91. The number of carbonyl (C=O) groups excluding carboxylic acids is 1. The first kappa shape index (κ1) is 13.8. The van der Waals surface area contributed by atoms with Crippen LogP contribution in [0.5, 0.6) is 0 Å². The summed E-state index contributed by atoms with van der Waals surface area (Å²) in [5.41, 5.74) is 1.76.